The first kappa shape index (κ1) is 29.9. The summed E-state index contributed by atoms with van der Waals surface area (Å²) in [7, 11) is 1.49. The van der Waals surface area contributed by atoms with E-state index in [0.717, 1.165) is 37.5 Å². The minimum atomic E-state index is -0.435. The van der Waals surface area contributed by atoms with Gasteiger partial charge in [-0.25, -0.2) is 18.8 Å². The van der Waals surface area contributed by atoms with Crippen LogP contribution in [-0.4, -0.2) is 65.9 Å². The molecule has 1 saturated carbocycles. The summed E-state index contributed by atoms with van der Waals surface area (Å²) in [5, 5.41) is 7.21. The van der Waals surface area contributed by atoms with Gasteiger partial charge in [0.1, 0.15) is 18.2 Å². The average Bonchev–Trinajstić information content (AvgIpc) is 2.98. The van der Waals surface area contributed by atoms with Crippen molar-refractivity contribution in [3.8, 4) is 5.75 Å². The Kier molecular flexibility index (Phi) is 9.11. The van der Waals surface area contributed by atoms with Gasteiger partial charge in [0.25, 0.3) is 5.56 Å². The fourth-order valence-electron chi connectivity index (χ4n) is 6.22. The number of alkyl halides is 1. The molecule has 2 heterocycles. The number of aromatic nitrogens is 2. The number of ether oxygens (including phenoxy) is 1. The highest BCUT2D eigenvalue weighted by Crippen LogP contribution is 2.40. The van der Waals surface area contributed by atoms with Gasteiger partial charge in [-0.15, -0.1) is 0 Å². The van der Waals surface area contributed by atoms with E-state index in [0.29, 0.717) is 59.6 Å². The Hall–Kier alpha value is -3.53. The fraction of sp³-hybridized carbons (Fsp3) is 0.531. The Bertz CT molecular complexity index is 1490. The monoisotopic (exact) mass is 580 g/mol. The van der Waals surface area contributed by atoms with E-state index in [1.165, 1.54) is 24.1 Å². The summed E-state index contributed by atoms with van der Waals surface area (Å²) in [6, 6.07) is 10.1. The topological polar surface area (TPSA) is 83.8 Å². The van der Waals surface area contributed by atoms with Crippen LogP contribution in [0.2, 0.25) is 0 Å². The quantitative estimate of drug-likeness (QED) is 0.302. The number of anilines is 1. The third-order valence-corrected chi connectivity index (χ3v) is 8.64. The van der Waals surface area contributed by atoms with Gasteiger partial charge in [0.05, 0.1) is 36.4 Å². The van der Waals surface area contributed by atoms with Gasteiger partial charge in [0.2, 0.25) is 0 Å². The number of nitrogens with one attached hydrogen (secondary N) is 2. The van der Waals surface area contributed by atoms with Crippen molar-refractivity contribution < 1.29 is 13.5 Å². The van der Waals surface area contributed by atoms with Crippen molar-refractivity contribution in [2.45, 2.75) is 65.1 Å². The first-order valence-electron chi connectivity index (χ1n) is 14.9. The van der Waals surface area contributed by atoms with Crippen LogP contribution in [0.1, 0.15) is 45.6 Å². The minimum absolute atomic E-state index is 0.180. The maximum atomic E-state index is 14.4. The standard InChI is InChI=1S/C32H42F2N6O2/c1-21-17-32(2,3)11-9-28(21)38-31(39-14-12-35-24(18-33)19-39)37-23-6-8-26-29(15-23)36-20-40(30(26)41)13-10-22-5-7-25(42-4)16-27(22)34/h5-8,15-16,20-21,24,28,35H,9-14,17-19H2,1-4H3,(H,37,38)/t21-,24-,28-/m0/s1. The number of fused-ring (bicyclic) bond motifs is 1. The lowest BCUT2D eigenvalue weighted by molar-refractivity contribution is 0.168. The summed E-state index contributed by atoms with van der Waals surface area (Å²) in [6.45, 7) is 8.70. The number of hydrogen-bond acceptors (Lipinski definition) is 5. The normalized spacial score (nSPS) is 22.8. The molecule has 2 fully saturated rings. The number of nitrogens with zero attached hydrogens (tertiary/aromatic N) is 4. The second kappa shape index (κ2) is 12.8. The molecule has 1 aliphatic carbocycles. The second-order valence-corrected chi connectivity index (χ2v) is 12.5. The van der Waals surface area contributed by atoms with Crippen molar-refractivity contribution in [1.82, 2.24) is 19.8 Å². The van der Waals surface area contributed by atoms with E-state index >= 15 is 0 Å². The molecule has 0 radical (unpaired) electrons. The first-order chi connectivity index (χ1) is 20.2. The summed E-state index contributed by atoms with van der Waals surface area (Å²) in [5.41, 5.74) is 1.97. The zero-order valence-corrected chi connectivity index (χ0v) is 25.0. The van der Waals surface area contributed by atoms with E-state index in [4.69, 9.17) is 9.73 Å². The lowest BCUT2D eigenvalue weighted by atomic mass is 9.71. The number of piperazine rings is 1. The third-order valence-electron chi connectivity index (χ3n) is 8.64. The second-order valence-electron chi connectivity index (χ2n) is 12.5. The van der Waals surface area contributed by atoms with Crippen LogP contribution >= 0.6 is 0 Å². The maximum Gasteiger partial charge on any atom is 0.261 e. The van der Waals surface area contributed by atoms with Crippen LogP contribution in [0.3, 0.4) is 0 Å². The summed E-state index contributed by atoms with van der Waals surface area (Å²) < 4.78 is 34.6. The number of methoxy groups -OCH3 is 1. The Morgan fingerprint density at radius 2 is 2.10 bits per heavy atom. The van der Waals surface area contributed by atoms with Crippen molar-refractivity contribution in [3.63, 3.8) is 0 Å². The van der Waals surface area contributed by atoms with Gasteiger partial charge >= 0.3 is 0 Å². The first-order valence-corrected chi connectivity index (χ1v) is 14.9. The van der Waals surface area contributed by atoms with Crippen LogP contribution in [-0.2, 0) is 13.0 Å². The Labute approximate surface area is 246 Å². The van der Waals surface area contributed by atoms with Gasteiger partial charge in [-0.1, -0.05) is 26.8 Å². The summed E-state index contributed by atoms with van der Waals surface area (Å²) in [4.78, 5) is 25.1. The predicted octanol–water partition coefficient (Wildman–Crippen LogP) is 5.01. The van der Waals surface area contributed by atoms with Crippen LogP contribution < -0.4 is 20.9 Å². The summed E-state index contributed by atoms with van der Waals surface area (Å²) in [6.07, 6.45) is 5.10. The van der Waals surface area contributed by atoms with E-state index in [1.54, 1.807) is 18.2 Å². The molecular formula is C32H42F2N6O2. The number of aryl methyl sites for hydroxylation is 2. The summed E-state index contributed by atoms with van der Waals surface area (Å²) >= 11 is 0. The maximum absolute atomic E-state index is 14.4. The van der Waals surface area contributed by atoms with Crippen molar-refractivity contribution in [3.05, 3.63) is 64.5 Å². The SMILES string of the molecule is COc1ccc(CCn2cnc3cc(NC(=N[C@H]4CCC(C)(C)C[C@@H]4C)N4CCN[C@@H](CF)C4)ccc3c2=O)c(F)c1. The molecule has 3 aromatic rings. The molecule has 3 atom stereocenters. The zero-order valence-electron chi connectivity index (χ0n) is 25.0. The molecule has 42 heavy (non-hydrogen) atoms. The van der Waals surface area contributed by atoms with Gasteiger partial charge in [0, 0.05) is 37.9 Å². The van der Waals surface area contributed by atoms with Crippen LogP contribution in [0.4, 0.5) is 14.5 Å². The lowest BCUT2D eigenvalue weighted by Crippen LogP contribution is -2.55. The molecule has 0 amide bonds. The highest BCUT2D eigenvalue weighted by molar-refractivity contribution is 5.96. The number of rotatable bonds is 7. The highest BCUT2D eigenvalue weighted by atomic mass is 19.1. The van der Waals surface area contributed by atoms with Gasteiger partial charge in [-0.2, -0.15) is 0 Å². The molecule has 2 aliphatic rings. The van der Waals surface area contributed by atoms with E-state index in [1.807, 2.05) is 12.1 Å². The molecule has 0 bridgehead atoms. The number of aliphatic imine (C=N–C) groups is 1. The number of guanidine groups is 1. The average molecular weight is 581 g/mol. The molecule has 226 valence electrons. The molecule has 2 aromatic carbocycles. The van der Waals surface area contributed by atoms with Crippen LogP contribution in [0.15, 0.2) is 52.5 Å². The molecule has 0 spiro atoms. The Morgan fingerprint density at radius 1 is 1.26 bits per heavy atom. The minimum Gasteiger partial charge on any atom is -0.497 e. The highest BCUT2D eigenvalue weighted by Gasteiger charge is 2.33. The van der Waals surface area contributed by atoms with E-state index in [-0.39, 0.29) is 23.5 Å². The molecule has 5 rings (SSSR count). The molecule has 1 aromatic heterocycles. The van der Waals surface area contributed by atoms with Crippen molar-refractivity contribution in [1.29, 1.82) is 0 Å². The molecule has 1 saturated heterocycles. The Balaban J connectivity index is 1.36. The smallest absolute Gasteiger partial charge is 0.261 e. The fourth-order valence-corrected chi connectivity index (χ4v) is 6.22. The van der Waals surface area contributed by atoms with E-state index in [9.17, 15) is 13.6 Å². The molecule has 2 N–H and O–H groups in total. The molecule has 1 aliphatic heterocycles. The van der Waals surface area contributed by atoms with Crippen molar-refractivity contribution >= 4 is 22.5 Å². The molecular weight excluding hydrogens is 538 g/mol. The molecule has 0 unspecified atom stereocenters. The van der Waals surface area contributed by atoms with E-state index < -0.39 is 6.67 Å². The number of benzene rings is 2. The number of hydrogen-bond donors (Lipinski definition) is 2. The lowest BCUT2D eigenvalue weighted by Gasteiger charge is -2.39. The Morgan fingerprint density at radius 3 is 2.83 bits per heavy atom. The zero-order chi connectivity index (χ0) is 29.9. The largest absolute Gasteiger partial charge is 0.497 e. The predicted molar refractivity (Wildman–Crippen MR) is 164 cm³/mol. The third kappa shape index (κ3) is 6.91. The van der Waals surface area contributed by atoms with Gasteiger partial charge in [-0.3, -0.25) is 9.36 Å². The summed E-state index contributed by atoms with van der Waals surface area (Å²) in [5.74, 6) is 1.27. The van der Waals surface area contributed by atoms with Crippen LogP contribution in [0.25, 0.3) is 10.9 Å². The molecule has 8 nitrogen and oxygen atoms in total. The van der Waals surface area contributed by atoms with Crippen LogP contribution in [0.5, 0.6) is 5.75 Å². The number of halogens is 2. The van der Waals surface area contributed by atoms with Gasteiger partial charge < -0.3 is 20.3 Å². The van der Waals surface area contributed by atoms with Gasteiger partial charge in [0.15, 0.2) is 5.96 Å². The van der Waals surface area contributed by atoms with Gasteiger partial charge in [-0.05, 0) is 66.8 Å². The van der Waals surface area contributed by atoms with E-state index in [2.05, 4.69) is 41.3 Å². The van der Waals surface area contributed by atoms with Crippen molar-refractivity contribution in [2.75, 3.05) is 38.7 Å². The molecule has 10 heteroatoms. The van der Waals surface area contributed by atoms with Crippen LogP contribution in [0, 0.1) is 17.2 Å². The van der Waals surface area contributed by atoms with Crippen molar-refractivity contribution in [2.24, 2.45) is 16.3 Å².